The first kappa shape index (κ1) is 12.7. The van der Waals surface area contributed by atoms with Crippen LogP contribution in [-0.2, 0) is 0 Å². The Kier molecular flexibility index (Phi) is 3.23. The molecule has 0 fully saturated rings. The molecule has 0 aliphatic heterocycles. The van der Waals surface area contributed by atoms with E-state index in [-0.39, 0.29) is 17.1 Å². The number of aromatic amines is 1. The second-order valence-electron chi connectivity index (χ2n) is 4.02. The number of nitro groups is 1. The van der Waals surface area contributed by atoms with Gasteiger partial charge in [-0.1, -0.05) is 0 Å². The number of benzene rings is 1. The van der Waals surface area contributed by atoms with E-state index in [0.29, 0.717) is 0 Å². The summed E-state index contributed by atoms with van der Waals surface area (Å²) in [5.74, 6) is -0.555. The number of hydrogen-bond acceptors (Lipinski definition) is 5. The number of nitrogens with one attached hydrogen (secondary N) is 2. The number of nitro benzene ring substituents is 1. The van der Waals surface area contributed by atoms with Crippen molar-refractivity contribution in [3.05, 3.63) is 45.3 Å². The predicted molar refractivity (Wildman–Crippen MR) is 66.9 cm³/mol. The smallest absolute Gasteiger partial charge is 0.293 e. The third kappa shape index (κ3) is 2.57. The van der Waals surface area contributed by atoms with Gasteiger partial charge in [-0.3, -0.25) is 14.9 Å². The molecule has 8 nitrogen and oxygen atoms in total. The van der Waals surface area contributed by atoms with Crippen molar-refractivity contribution >= 4 is 17.3 Å². The minimum Gasteiger partial charge on any atom is -0.315 e. The van der Waals surface area contributed by atoms with E-state index in [2.05, 4.69) is 20.7 Å². The van der Waals surface area contributed by atoms with Crippen molar-refractivity contribution in [3.63, 3.8) is 0 Å². The highest BCUT2D eigenvalue weighted by Gasteiger charge is 2.19. The lowest BCUT2D eigenvalue weighted by molar-refractivity contribution is -0.384. The predicted octanol–water partition coefficient (Wildman–Crippen LogP) is 1.58. The first-order chi connectivity index (χ1) is 8.99. The summed E-state index contributed by atoms with van der Waals surface area (Å²) in [7, 11) is 0. The van der Waals surface area contributed by atoms with Gasteiger partial charge in [0.2, 0.25) is 0 Å². The van der Waals surface area contributed by atoms with Gasteiger partial charge in [-0.25, -0.2) is 0 Å². The molecule has 19 heavy (non-hydrogen) atoms. The van der Waals surface area contributed by atoms with E-state index in [4.69, 9.17) is 0 Å². The van der Waals surface area contributed by atoms with Crippen LogP contribution in [0.25, 0.3) is 0 Å². The van der Waals surface area contributed by atoms with Crippen LogP contribution in [0.5, 0.6) is 0 Å². The van der Waals surface area contributed by atoms with E-state index >= 15 is 0 Å². The summed E-state index contributed by atoms with van der Waals surface area (Å²) >= 11 is 0. The van der Waals surface area contributed by atoms with Gasteiger partial charge in [0, 0.05) is 6.07 Å². The molecule has 0 bridgehead atoms. The minimum atomic E-state index is -0.555. The van der Waals surface area contributed by atoms with Crippen LogP contribution in [0.1, 0.15) is 21.6 Å². The zero-order valence-corrected chi connectivity index (χ0v) is 10.3. The van der Waals surface area contributed by atoms with Crippen molar-refractivity contribution in [2.45, 2.75) is 13.8 Å². The average molecular weight is 261 g/mol. The molecule has 0 spiro atoms. The van der Waals surface area contributed by atoms with Crippen LogP contribution in [-0.4, -0.2) is 26.2 Å². The fourth-order valence-electron chi connectivity index (χ4n) is 1.55. The van der Waals surface area contributed by atoms with Gasteiger partial charge in [-0.2, -0.15) is 15.4 Å². The van der Waals surface area contributed by atoms with Gasteiger partial charge < -0.3 is 5.32 Å². The number of carbonyl (C=O) groups excluding carboxylic acids is 1. The third-order valence-electron chi connectivity index (χ3n) is 2.70. The highest BCUT2D eigenvalue weighted by atomic mass is 16.6. The highest BCUT2D eigenvalue weighted by molar-refractivity contribution is 6.03. The zero-order chi connectivity index (χ0) is 14.0. The van der Waals surface area contributed by atoms with E-state index in [0.717, 1.165) is 11.1 Å². The molecule has 1 heterocycles. The number of aryl methyl sites for hydroxylation is 2. The molecular weight excluding hydrogens is 250 g/mol. The number of H-pyrrole nitrogens is 1. The molecule has 1 aromatic carbocycles. The molecule has 0 aliphatic carbocycles. The van der Waals surface area contributed by atoms with Crippen molar-refractivity contribution in [1.82, 2.24) is 15.4 Å². The van der Waals surface area contributed by atoms with Gasteiger partial charge in [0.1, 0.15) is 5.69 Å². The monoisotopic (exact) mass is 261 g/mol. The Balaban J connectivity index is 2.36. The topological polar surface area (TPSA) is 114 Å². The quantitative estimate of drug-likeness (QED) is 0.643. The van der Waals surface area contributed by atoms with E-state index in [1.54, 1.807) is 13.0 Å². The summed E-state index contributed by atoms with van der Waals surface area (Å²) < 4.78 is 0. The second kappa shape index (κ2) is 4.84. The number of rotatable bonds is 3. The first-order valence-corrected chi connectivity index (χ1v) is 5.42. The molecule has 2 aromatic rings. The summed E-state index contributed by atoms with van der Waals surface area (Å²) in [5.41, 5.74) is 1.68. The number of amides is 1. The Morgan fingerprint density at radius 2 is 2.05 bits per heavy atom. The Morgan fingerprint density at radius 1 is 1.37 bits per heavy atom. The van der Waals surface area contributed by atoms with Gasteiger partial charge in [-0.15, -0.1) is 0 Å². The van der Waals surface area contributed by atoms with Crippen molar-refractivity contribution in [3.8, 4) is 0 Å². The second-order valence-corrected chi connectivity index (χ2v) is 4.02. The van der Waals surface area contributed by atoms with Crippen LogP contribution in [0.3, 0.4) is 0 Å². The Labute approximate surface area is 108 Å². The lowest BCUT2D eigenvalue weighted by Crippen LogP contribution is -2.14. The zero-order valence-electron chi connectivity index (χ0n) is 10.3. The Bertz CT molecular complexity index is 636. The molecule has 2 rings (SSSR count). The molecule has 0 saturated carbocycles. The maximum absolute atomic E-state index is 11.8. The fourth-order valence-corrected chi connectivity index (χ4v) is 1.55. The number of hydrogen-bond donors (Lipinski definition) is 2. The van der Waals surface area contributed by atoms with Crippen molar-refractivity contribution in [2.24, 2.45) is 0 Å². The molecule has 0 radical (unpaired) electrons. The fraction of sp³-hybridized carbons (Fsp3) is 0.182. The van der Waals surface area contributed by atoms with Crippen molar-refractivity contribution < 1.29 is 9.72 Å². The van der Waals surface area contributed by atoms with Crippen molar-refractivity contribution in [1.29, 1.82) is 0 Å². The normalized spacial score (nSPS) is 10.2. The molecule has 98 valence electrons. The third-order valence-corrected chi connectivity index (χ3v) is 2.70. The molecule has 0 atom stereocenters. The number of aromatic nitrogens is 3. The average Bonchev–Trinajstić information content (AvgIpc) is 2.86. The molecular formula is C11H11N5O3. The lowest BCUT2D eigenvalue weighted by Gasteiger charge is -2.07. The van der Waals surface area contributed by atoms with Gasteiger partial charge in [-0.05, 0) is 31.0 Å². The molecule has 1 amide bonds. The van der Waals surface area contributed by atoms with Gasteiger partial charge >= 0.3 is 0 Å². The largest absolute Gasteiger partial charge is 0.315 e. The minimum absolute atomic E-state index is 0.0625. The Morgan fingerprint density at radius 3 is 2.63 bits per heavy atom. The van der Waals surface area contributed by atoms with Crippen LogP contribution < -0.4 is 5.32 Å². The number of anilines is 1. The number of carbonyl (C=O) groups is 1. The van der Waals surface area contributed by atoms with Crippen LogP contribution in [0.2, 0.25) is 0 Å². The molecule has 0 saturated heterocycles. The summed E-state index contributed by atoms with van der Waals surface area (Å²) in [6, 6.07) is 2.99. The molecule has 0 unspecified atom stereocenters. The van der Waals surface area contributed by atoms with Crippen LogP contribution in [0.15, 0.2) is 18.3 Å². The summed E-state index contributed by atoms with van der Waals surface area (Å²) in [4.78, 5) is 22.2. The van der Waals surface area contributed by atoms with Gasteiger partial charge in [0.05, 0.1) is 11.1 Å². The number of nitrogens with zero attached hydrogens (tertiary/aromatic N) is 3. The van der Waals surface area contributed by atoms with E-state index < -0.39 is 10.8 Å². The SMILES string of the molecule is Cc1cc(NC(=O)c2cn[nH]n2)c([N+](=O)[O-])cc1C. The van der Waals surface area contributed by atoms with Crippen LogP contribution in [0, 0.1) is 24.0 Å². The maximum Gasteiger partial charge on any atom is 0.293 e. The molecule has 1 aromatic heterocycles. The van der Waals surface area contributed by atoms with E-state index in [1.165, 1.54) is 12.3 Å². The summed E-state index contributed by atoms with van der Waals surface area (Å²) in [6.07, 6.45) is 1.24. The first-order valence-electron chi connectivity index (χ1n) is 5.42. The van der Waals surface area contributed by atoms with Gasteiger partial charge in [0.25, 0.3) is 11.6 Å². The van der Waals surface area contributed by atoms with Crippen LogP contribution >= 0.6 is 0 Å². The molecule has 0 aliphatic rings. The van der Waals surface area contributed by atoms with Crippen LogP contribution in [0.4, 0.5) is 11.4 Å². The van der Waals surface area contributed by atoms with E-state index in [1.807, 2.05) is 6.92 Å². The van der Waals surface area contributed by atoms with E-state index in [9.17, 15) is 14.9 Å². The Hall–Kier alpha value is -2.77. The molecule has 2 N–H and O–H groups in total. The van der Waals surface area contributed by atoms with Crippen molar-refractivity contribution in [2.75, 3.05) is 5.32 Å². The molecule has 8 heteroatoms. The summed E-state index contributed by atoms with van der Waals surface area (Å²) in [6.45, 7) is 3.58. The lowest BCUT2D eigenvalue weighted by atomic mass is 10.1. The highest BCUT2D eigenvalue weighted by Crippen LogP contribution is 2.28. The summed E-state index contributed by atoms with van der Waals surface area (Å²) in [5, 5.41) is 22.8. The maximum atomic E-state index is 11.8. The van der Waals surface area contributed by atoms with Gasteiger partial charge in [0.15, 0.2) is 5.69 Å². The standard InChI is InChI=1S/C11H11N5O3/c1-6-3-8(10(16(18)19)4-7(6)2)13-11(17)9-5-12-15-14-9/h3-5H,1-2H3,(H,13,17)(H,12,14,15).